The fourth-order valence-corrected chi connectivity index (χ4v) is 3.79. The standard InChI is InChI=1S/C16H24N2O2S/c1-11-6-12(2)8-13(7-11)15(19)10-18-16(20)17-9-14-4-3-5-21-14/h6-8,14-15,19H,3-5,9-10H2,1-2H3,(H2,17,18,20)/t14-,15-/m0/s1. The van der Waals surface area contributed by atoms with E-state index in [2.05, 4.69) is 16.7 Å². The van der Waals surface area contributed by atoms with Crippen LogP contribution < -0.4 is 10.6 Å². The van der Waals surface area contributed by atoms with Gasteiger partial charge in [-0.2, -0.15) is 11.8 Å². The summed E-state index contributed by atoms with van der Waals surface area (Å²) in [5.41, 5.74) is 3.08. The van der Waals surface area contributed by atoms with Crippen molar-refractivity contribution in [2.24, 2.45) is 0 Å². The maximum absolute atomic E-state index is 11.7. The number of hydrogen-bond acceptors (Lipinski definition) is 3. The Kier molecular flexibility index (Phi) is 5.94. The van der Waals surface area contributed by atoms with Gasteiger partial charge in [0.25, 0.3) is 0 Å². The van der Waals surface area contributed by atoms with Crippen LogP contribution in [-0.4, -0.2) is 35.2 Å². The molecule has 21 heavy (non-hydrogen) atoms. The van der Waals surface area contributed by atoms with E-state index in [9.17, 15) is 9.90 Å². The first-order valence-electron chi connectivity index (χ1n) is 7.44. The van der Waals surface area contributed by atoms with E-state index in [0.717, 1.165) is 16.7 Å². The summed E-state index contributed by atoms with van der Waals surface area (Å²) in [6.45, 7) is 4.94. The monoisotopic (exact) mass is 308 g/mol. The average molecular weight is 308 g/mol. The third kappa shape index (κ3) is 5.25. The van der Waals surface area contributed by atoms with E-state index in [-0.39, 0.29) is 12.6 Å². The van der Waals surface area contributed by atoms with Crippen LogP contribution in [0.4, 0.5) is 4.79 Å². The van der Waals surface area contributed by atoms with Gasteiger partial charge in [0.05, 0.1) is 6.10 Å². The molecule has 5 heteroatoms. The van der Waals surface area contributed by atoms with Gasteiger partial charge in [-0.15, -0.1) is 0 Å². The van der Waals surface area contributed by atoms with Crippen LogP contribution in [0.3, 0.4) is 0 Å². The van der Waals surface area contributed by atoms with Crippen molar-refractivity contribution < 1.29 is 9.90 Å². The van der Waals surface area contributed by atoms with Crippen molar-refractivity contribution >= 4 is 17.8 Å². The number of aliphatic hydroxyl groups is 1. The molecule has 1 aliphatic heterocycles. The Morgan fingerprint density at radius 3 is 2.67 bits per heavy atom. The van der Waals surface area contributed by atoms with Crippen molar-refractivity contribution in [3.63, 3.8) is 0 Å². The fourth-order valence-electron chi connectivity index (χ4n) is 2.58. The third-order valence-electron chi connectivity index (χ3n) is 3.60. The molecule has 2 atom stereocenters. The molecule has 1 saturated heterocycles. The van der Waals surface area contributed by atoms with Crippen LogP contribution in [0.2, 0.25) is 0 Å². The normalized spacial score (nSPS) is 19.3. The number of thioether (sulfide) groups is 1. The van der Waals surface area contributed by atoms with Gasteiger partial charge in [0, 0.05) is 18.3 Å². The highest BCUT2D eigenvalue weighted by Gasteiger charge is 2.16. The maximum Gasteiger partial charge on any atom is 0.314 e. The second-order valence-electron chi connectivity index (χ2n) is 5.66. The second kappa shape index (κ2) is 7.71. The van der Waals surface area contributed by atoms with Crippen molar-refractivity contribution in [2.75, 3.05) is 18.8 Å². The van der Waals surface area contributed by atoms with Crippen LogP contribution in [0.15, 0.2) is 18.2 Å². The van der Waals surface area contributed by atoms with E-state index in [1.54, 1.807) is 0 Å². The molecule has 1 aromatic carbocycles. The molecule has 2 rings (SSSR count). The fraction of sp³-hybridized carbons (Fsp3) is 0.562. The highest BCUT2D eigenvalue weighted by Crippen LogP contribution is 2.25. The van der Waals surface area contributed by atoms with Gasteiger partial charge in [-0.1, -0.05) is 29.3 Å². The summed E-state index contributed by atoms with van der Waals surface area (Å²) in [6.07, 6.45) is 1.75. The first-order valence-corrected chi connectivity index (χ1v) is 8.49. The number of amides is 2. The number of carbonyl (C=O) groups excluding carboxylic acids is 1. The van der Waals surface area contributed by atoms with Gasteiger partial charge < -0.3 is 15.7 Å². The molecule has 0 radical (unpaired) electrons. The quantitative estimate of drug-likeness (QED) is 0.783. The molecule has 0 aromatic heterocycles. The third-order valence-corrected chi connectivity index (χ3v) is 5.00. The molecule has 0 aliphatic carbocycles. The molecule has 1 aliphatic rings. The predicted octanol–water partition coefficient (Wildman–Crippen LogP) is 2.53. The first kappa shape index (κ1) is 16.2. The summed E-state index contributed by atoms with van der Waals surface area (Å²) in [5.74, 6) is 1.19. The molecule has 0 spiro atoms. The van der Waals surface area contributed by atoms with Crippen molar-refractivity contribution in [1.82, 2.24) is 10.6 Å². The summed E-state index contributed by atoms with van der Waals surface area (Å²) in [4.78, 5) is 11.7. The van der Waals surface area contributed by atoms with E-state index in [4.69, 9.17) is 0 Å². The van der Waals surface area contributed by atoms with Crippen LogP contribution in [0.1, 0.15) is 35.6 Å². The van der Waals surface area contributed by atoms with E-state index >= 15 is 0 Å². The van der Waals surface area contributed by atoms with Crippen molar-refractivity contribution in [3.8, 4) is 0 Å². The Morgan fingerprint density at radius 2 is 2.05 bits per heavy atom. The topological polar surface area (TPSA) is 61.4 Å². The average Bonchev–Trinajstić information content (AvgIpc) is 2.94. The summed E-state index contributed by atoms with van der Waals surface area (Å²) >= 11 is 1.92. The largest absolute Gasteiger partial charge is 0.387 e. The predicted molar refractivity (Wildman–Crippen MR) is 87.8 cm³/mol. The molecule has 1 fully saturated rings. The minimum Gasteiger partial charge on any atom is -0.387 e. The smallest absolute Gasteiger partial charge is 0.314 e. The van der Waals surface area contributed by atoms with Gasteiger partial charge in [0.2, 0.25) is 0 Å². The van der Waals surface area contributed by atoms with E-state index < -0.39 is 6.10 Å². The Balaban J connectivity index is 1.74. The Bertz CT molecular complexity index is 467. The highest BCUT2D eigenvalue weighted by atomic mass is 32.2. The van der Waals surface area contributed by atoms with Crippen LogP contribution in [0.25, 0.3) is 0 Å². The number of urea groups is 1. The lowest BCUT2D eigenvalue weighted by Gasteiger charge is -2.15. The van der Waals surface area contributed by atoms with Crippen LogP contribution in [-0.2, 0) is 0 Å². The lowest BCUT2D eigenvalue weighted by Crippen LogP contribution is -2.40. The lowest BCUT2D eigenvalue weighted by atomic mass is 10.0. The van der Waals surface area contributed by atoms with Crippen molar-refractivity contribution in [3.05, 3.63) is 34.9 Å². The van der Waals surface area contributed by atoms with Gasteiger partial charge in [-0.05, 0) is 38.0 Å². The molecule has 2 amide bonds. The molecule has 0 bridgehead atoms. The molecule has 116 valence electrons. The zero-order valence-corrected chi connectivity index (χ0v) is 13.5. The molecule has 1 heterocycles. The Morgan fingerprint density at radius 1 is 1.33 bits per heavy atom. The minimum absolute atomic E-state index is 0.203. The van der Waals surface area contributed by atoms with Crippen LogP contribution in [0, 0.1) is 13.8 Å². The zero-order valence-electron chi connectivity index (χ0n) is 12.7. The van der Waals surface area contributed by atoms with Gasteiger partial charge in [0.1, 0.15) is 0 Å². The number of carbonyl (C=O) groups is 1. The molecule has 1 aromatic rings. The first-order chi connectivity index (χ1) is 10.0. The molecule has 3 N–H and O–H groups in total. The summed E-state index contributed by atoms with van der Waals surface area (Å²) in [7, 11) is 0. The molecule has 4 nitrogen and oxygen atoms in total. The summed E-state index contributed by atoms with van der Waals surface area (Å²) in [6, 6.07) is 5.76. The molecule has 0 unspecified atom stereocenters. The molecule has 0 saturated carbocycles. The maximum atomic E-state index is 11.7. The number of aryl methyl sites for hydroxylation is 2. The molecular formula is C16H24N2O2S. The van der Waals surface area contributed by atoms with E-state index in [1.807, 2.05) is 37.7 Å². The zero-order chi connectivity index (χ0) is 15.2. The van der Waals surface area contributed by atoms with E-state index in [1.165, 1.54) is 18.6 Å². The Labute approximate surface area is 130 Å². The number of benzene rings is 1. The minimum atomic E-state index is -0.671. The van der Waals surface area contributed by atoms with Gasteiger partial charge in [0.15, 0.2) is 0 Å². The summed E-state index contributed by atoms with van der Waals surface area (Å²) < 4.78 is 0. The van der Waals surface area contributed by atoms with Gasteiger partial charge in [-0.3, -0.25) is 0 Å². The number of nitrogens with one attached hydrogen (secondary N) is 2. The number of aliphatic hydroxyl groups excluding tert-OH is 1. The number of hydrogen-bond donors (Lipinski definition) is 3. The SMILES string of the molecule is Cc1cc(C)cc([C@@H](O)CNC(=O)NC[C@@H]2CCCS2)c1. The van der Waals surface area contributed by atoms with Gasteiger partial charge >= 0.3 is 6.03 Å². The number of rotatable bonds is 5. The second-order valence-corrected chi connectivity index (χ2v) is 7.07. The van der Waals surface area contributed by atoms with Crippen molar-refractivity contribution in [1.29, 1.82) is 0 Å². The van der Waals surface area contributed by atoms with Crippen molar-refractivity contribution in [2.45, 2.75) is 38.0 Å². The van der Waals surface area contributed by atoms with Crippen LogP contribution in [0.5, 0.6) is 0 Å². The lowest BCUT2D eigenvalue weighted by molar-refractivity contribution is 0.173. The highest BCUT2D eigenvalue weighted by molar-refractivity contribution is 8.00. The van der Waals surface area contributed by atoms with E-state index in [0.29, 0.717) is 11.8 Å². The van der Waals surface area contributed by atoms with Crippen LogP contribution >= 0.6 is 11.8 Å². The molecular weight excluding hydrogens is 284 g/mol. The summed E-state index contributed by atoms with van der Waals surface area (Å²) in [5, 5.41) is 16.3. The Hall–Kier alpha value is -1.20. The van der Waals surface area contributed by atoms with Gasteiger partial charge in [-0.25, -0.2) is 4.79 Å².